The molecule has 0 saturated heterocycles. The molecule has 0 amide bonds. The number of carboxylic acid groups (broad SMARTS) is 1. The second-order valence-corrected chi connectivity index (χ2v) is 5.87. The van der Waals surface area contributed by atoms with E-state index in [9.17, 15) is 4.79 Å². The van der Waals surface area contributed by atoms with Crippen LogP contribution in [0.1, 0.15) is 13.8 Å². The number of carbonyl (C=O) groups is 1. The van der Waals surface area contributed by atoms with Gasteiger partial charge in [0.15, 0.2) is 5.16 Å². The highest BCUT2D eigenvalue weighted by molar-refractivity contribution is 7.99. The number of ether oxygens (including phenoxy) is 1. The van der Waals surface area contributed by atoms with Gasteiger partial charge in [0.25, 0.3) is 0 Å². The van der Waals surface area contributed by atoms with Crippen molar-refractivity contribution < 1.29 is 14.6 Å². The molecular weight excluding hydrogens is 264 g/mol. The number of aromatic amines is 1. The molecule has 0 bridgehead atoms. The van der Waals surface area contributed by atoms with E-state index in [1.165, 1.54) is 11.8 Å². The maximum Gasteiger partial charge on any atom is 0.309 e. The molecule has 0 saturated carbocycles. The first kappa shape index (κ1) is 13.7. The zero-order chi connectivity index (χ0) is 14.0. The smallest absolute Gasteiger partial charge is 0.309 e. The summed E-state index contributed by atoms with van der Waals surface area (Å²) in [6.07, 6.45) is 0. The van der Waals surface area contributed by atoms with Crippen LogP contribution in [0.25, 0.3) is 11.0 Å². The van der Waals surface area contributed by atoms with Gasteiger partial charge in [0, 0.05) is 11.8 Å². The maximum atomic E-state index is 11.0. The van der Waals surface area contributed by atoms with Gasteiger partial charge in [0.2, 0.25) is 0 Å². The number of nitrogens with one attached hydrogen (secondary N) is 1. The van der Waals surface area contributed by atoms with E-state index < -0.39 is 11.4 Å². The molecule has 0 aliphatic rings. The first-order valence-electron chi connectivity index (χ1n) is 5.82. The fraction of sp³-hybridized carbons (Fsp3) is 0.385. The Morgan fingerprint density at radius 2 is 2.26 bits per heavy atom. The van der Waals surface area contributed by atoms with Crippen LogP contribution in [-0.4, -0.2) is 33.9 Å². The standard InChI is InChI=1S/C13H16N2O3S/c1-13(2,11(16)17)7-19-12-14-9-5-4-8(18-3)6-10(9)15-12/h4-6H,7H2,1-3H3,(H,14,15)(H,16,17). The van der Waals surface area contributed by atoms with Gasteiger partial charge in [-0.3, -0.25) is 4.79 Å². The lowest BCUT2D eigenvalue weighted by molar-refractivity contribution is -0.145. The maximum absolute atomic E-state index is 11.0. The molecule has 5 nitrogen and oxygen atoms in total. The zero-order valence-corrected chi connectivity index (χ0v) is 11.9. The minimum Gasteiger partial charge on any atom is -0.497 e. The third kappa shape index (κ3) is 3.01. The summed E-state index contributed by atoms with van der Waals surface area (Å²) < 4.78 is 5.14. The quantitative estimate of drug-likeness (QED) is 0.824. The molecule has 2 N–H and O–H groups in total. The molecule has 2 aromatic rings. The number of hydrogen-bond acceptors (Lipinski definition) is 4. The predicted octanol–water partition coefficient (Wildman–Crippen LogP) is 2.77. The Kier molecular flexibility index (Phi) is 3.71. The molecular formula is C13H16N2O3S. The van der Waals surface area contributed by atoms with Gasteiger partial charge in [0.1, 0.15) is 5.75 Å². The van der Waals surface area contributed by atoms with Crippen LogP contribution in [0.5, 0.6) is 5.75 Å². The van der Waals surface area contributed by atoms with Gasteiger partial charge in [-0.05, 0) is 26.0 Å². The van der Waals surface area contributed by atoms with Crippen LogP contribution in [0.4, 0.5) is 0 Å². The second kappa shape index (κ2) is 5.13. The lowest BCUT2D eigenvalue weighted by Crippen LogP contribution is -2.26. The van der Waals surface area contributed by atoms with Crippen LogP contribution < -0.4 is 4.74 Å². The molecule has 0 radical (unpaired) electrons. The molecule has 0 unspecified atom stereocenters. The van der Waals surface area contributed by atoms with Crippen molar-refractivity contribution in [1.82, 2.24) is 9.97 Å². The van der Waals surface area contributed by atoms with Crippen LogP contribution in [0.3, 0.4) is 0 Å². The lowest BCUT2D eigenvalue weighted by atomic mass is 9.97. The number of thioether (sulfide) groups is 1. The number of H-pyrrole nitrogens is 1. The Balaban J connectivity index is 2.16. The Hall–Kier alpha value is -1.69. The number of fused-ring (bicyclic) bond motifs is 1. The predicted molar refractivity (Wildman–Crippen MR) is 74.8 cm³/mol. The topological polar surface area (TPSA) is 75.2 Å². The normalized spacial score (nSPS) is 11.7. The molecule has 0 aliphatic heterocycles. The van der Waals surface area contributed by atoms with Gasteiger partial charge >= 0.3 is 5.97 Å². The molecule has 0 spiro atoms. The Morgan fingerprint density at radius 3 is 2.89 bits per heavy atom. The molecule has 1 aromatic heterocycles. The highest BCUT2D eigenvalue weighted by Gasteiger charge is 2.27. The second-order valence-electron chi connectivity index (χ2n) is 4.90. The van der Waals surface area contributed by atoms with Crippen molar-refractivity contribution in [3.8, 4) is 5.75 Å². The number of rotatable bonds is 5. The van der Waals surface area contributed by atoms with Gasteiger partial charge in [0.05, 0.1) is 23.6 Å². The number of benzene rings is 1. The van der Waals surface area contributed by atoms with Crippen LogP contribution in [0.2, 0.25) is 0 Å². The van der Waals surface area contributed by atoms with E-state index in [0.717, 1.165) is 21.9 Å². The molecule has 2 rings (SSSR count). The average Bonchev–Trinajstić information content (AvgIpc) is 2.77. The molecule has 19 heavy (non-hydrogen) atoms. The van der Waals surface area contributed by atoms with Crippen LogP contribution in [-0.2, 0) is 4.79 Å². The molecule has 0 fully saturated rings. The summed E-state index contributed by atoms with van der Waals surface area (Å²) in [5.41, 5.74) is 0.952. The summed E-state index contributed by atoms with van der Waals surface area (Å²) in [4.78, 5) is 18.6. The fourth-order valence-electron chi connectivity index (χ4n) is 1.47. The minimum atomic E-state index is -0.808. The van der Waals surface area contributed by atoms with Crippen molar-refractivity contribution >= 4 is 28.8 Å². The van der Waals surface area contributed by atoms with Gasteiger partial charge in [-0.1, -0.05) is 11.8 Å². The summed E-state index contributed by atoms with van der Waals surface area (Å²) in [6, 6.07) is 5.59. The zero-order valence-electron chi connectivity index (χ0n) is 11.1. The fourth-order valence-corrected chi connectivity index (χ4v) is 2.44. The minimum absolute atomic E-state index is 0.458. The Labute approximate surface area is 115 Å². The van der Waals surface area contributed by atoms with E-state index in [4.69, 9.17) is 9.84 Å². The van der Waals surface area contributed by atoms with Crippen molar-refractivity contribution in [2.75, 3.05) is 12.9 Å². The van der Waals surface area contributed by atoms with Crippen LogP contribution in [0.15, 0.2) is 23.4 Å². The van der Waals surface area contributed by atoms with Crippen molar-refractivity contribution in [1.29, 1.82) is 0 Å². The van der Waals surface area contributed by atoms with Gasteiger partial charge in [-0.15, -0.1) is 0 Å². The first-order valence-corrected chi connectivity index (χ1v) is 6.81. The van der Waals surface area contributed by atoms with Gasteiger partial charge < -0.3 is 14.8 Å². The number of carboxylic acids is 1. The van der Waals surface area contributed by atoms with Crippen LogP contribution >= 0.6 is 11.8 Å². The lowest BCUT2D eigenvalue weighted by Gasteiger charge is -2.16. The highest BCUT2D eigenvalue weighted by atomic mass is 32.2. The average molecular weight is 280 g/mol. The SMILES string of the molecule is COc1ccc2nc(SCC(C)(C)C(=O)O)[nH]c2c1. The highest BCUT2D eigenvalue weighted by Crippen LogP contribution is 2.28. The summed E-state index contributed by atoms with van der Waals surface area (Å²) in [7, 11) is 1.61. The number of methoxy groups -OCH3 is 1. The van der Waals surface area contributed by atoms with E-state index >= 15 is 0 Å². The Morgan fingerprint density at radius 1 is 1.53 bits per heavy atom. The summed E-state index contributed by atoms with van der Waals surface area (Å²) in [6.45, 7) is 3.40. The number of nitrogens with zero attached hydrogens (tertiary/aromatic N) is 1. The molecule has 1 aromatic carbocycles. The van der Waals surface area contributed by atoms with E-state index in [1.54, 1.807) is 21.0 Å². The van der Waals surface area contributed by atoms with Crippen LogP contribution in [0, 0.1) is 5.41 Å². The molecule has 0 aliphatic carbocycles. The number of aromatic nitrogens is 2. The van der Waals surface area contributed by atoms with E-state index in [2.05, 4.69) is 9.97 Å². The largest absolute Gasteiger partial charge is 0.497 e. The van der Waals surface area contributed by atoms with Gasteiger partial charge in [-0.25, -0.2) is 4.98 Å². The third-order valence-electron chi connectivity index (χ3n) is 2.82. The van der Waals surface area contributed by atoms with E-state index in [-0.39, 0.29) is 0 Å². The summed E-state index contributed by atoms with van der Waals surface area (Å²) in [5, 5.41) is 9.79. The van der Waals surface area contributed by atoms with E-state index in [0.29, 0.717) is 5.75 Å². The van der Waals surface area contributed by atoms with Gasteiger partial charge in [-0.2, -0.15) is 0 Å². The third-order valence-corrected chi connectivity index (χ3v) is 4.15. The van der Waals surface area contributed by atoms with Crippen molar-refractivity contribution in [3.63, 3.8) is 0 Å². The number of imidazole rings is 1. The molecule has 6 heteroatoms. The monoisotopic (exact) mass is 280 g/mol. The molecule has 102 valence electrons. The van der Waals surface area contributed by atoms with Crippen molar-refractivity contribution in [2.24, 2.45) is 5.41 Å². The molecule has 1 heterocycles. The first-order chi connectivity index (χ1) is 8.92. The summed E-state index contributed by atoms with van der Waals surface area (Å²) in [5.74, 6) is 0.413. The summed E-state index contributed by atoms with van der Waals surface area (Å²) >= 11 is 1.41. The molecule has 0 atom stereocenters. The number of hydrogen-bond donors (Lipinski definition) is 2. The van der Waals surface area contributed by atoms with Crippen molar-refractivity contribution in [3.05, 3.63) is 18.2 Å². The Bertz CT molecular complexity index is 607. The van der Waals surface area contributed by atoms with Crippen molar-refractivity contribution in [2.45, 2.75) is 19.0 Å². The number of aliphatic carboxylic acids is 1. The van der Waals surface area contributed by atoms with E-state index in [1.807, 2.05) is 18.2 Å².